The van der Waals surface area contributed by atoms with Gasteiger partial charge in [-0.15, -0.1) is 0 Å². The molecule has 1 fully saturated rings. The first-order chi connectivity index (χ1) is 8.33. The third-order valence-electron chi connectivity index (χ3n) is 3.38. The minimum Gasteiger partial charge on any atom is -0.497 e. The zero-order valence-corrected chi connectivity index (χ0v) is 10.1. The zero-order valence-electron chi connectivity index (χ0n) is 10.1. The van der Waals surface area contributed by atoms with E-state index in [1.54, 1.807) is 7.11 Å². The van der Waals surface area contributed by atoms with Crippen molar-refractivity contribution < 1.29 is 4.74 Å². The normalized spacial score (nSPS) is 23.3. The van der Waals surface area contributed by atoms with Crippen LogP contribution in [0.5, 0.6) is 5.75 Å². The van der Waals surface area contributed by atoms with Crippen LogP contribution in [0.2, 0.25) is 0 Å². The Balaban J connectivity index is 1.91. The lowest BCUT2D eigenvalue weighted by atomic mass is 10.1. The van der Waals surface area contributed by atoms with Crippen molar-refractivity contribution in [3.63, 3.8) is 0 Å². The number of nitrogens with one attached hydrogen (secondary N) is 1. The first-order valence-electron chi connectivity index (χ1n) is 6.09. The number of ether oxygens (including phenoxy) is 1. The molecule has 0 amide bonds. The molecule has 3 nitrogen and oxygen atoms in total. The molecule has 2 rings (SSSR count). The van der Waals surface area contributed by atoms with E-state index in [-0.39, 0.29) is 5.92 Å². The van der Waals surface area contributed by atoms with Gasteiger partial charge in [-0.3, -0.25) is 0 Å². The molecule has 0 heterocycles. The molecule has 90 valence electrons. The molecule has 0 radical (unpaired) electrons. The number of rotatable bonds is 4. The molecule has 1 N–H and O–H groups in total. The van der Waals surface area contributed by atoms with Crippen molar-refractivity contribution >= 4 is 0 Å². The molecule has 1 aliphatic carbocycles. The van der Waals surface area contributed by atoms with Crippen LogP contribution in [0.1, 0.15) is 24.8 Å². The molecule has 2 atom stereocenters. The smallest absolute Gasteiger partial charge is 0.119 e. The number of hydrogen-bond acceptors (Lipinski definition) is 3. The van der Waals surface area contributed by atoms with Crippen molar-refractivity contribution in [2.24, 2.45) is 5.92 Å². The van der Waals surface area contributed by atoms with Crippen molar-refractivity contribution in [3.8, 4) is 11.8 Å². The summed E-state index contributed by atoms with van der Waals surface area (Å²) >= 11 is 0. The Hall–Kier alpha value is -1.53. The average molecular weight is 230 g/mol. The van der Waals surface area contributed by atoms with Gasteiger partial charge < -0.3 is 10.1 Å². The van der Waals surface area contributed by atoms with Gasteiger partial charge in [0.05, 0.1) is 19.1 Å². The van der Waals surface area contributed by atoms with E-state index < -0.39 is 0 Å². The lowest BCUT2D eigenvalue weighted by Crippen LogP contribution is -2.31. The summed E-state index contributed by atoms with van der Waals surface area (Å²) in [5, 5.41) is 12.5. The summed E-state index contributed by atoms with van der Waals surface area (Å²) in [5.74, 6) is 1.06. The molecule has 0 aliphatic heterocycles. The quantitative estimate of drug-likeness (QED) is 0.864. The van der Waals surface area contributed by atoms with Gasteiger partial charge in [-0.2, -0.15) is 5.26 Å². The third-order valence-corrected chi connectivity index (χ3v) is 3.38. The molecular formula is C14H18N2O. The molecule has 2 unspecified atom stereocenters. The molecule has 1 aromatic rings. The highest BCUT2D eigenvalue weighted by Gasteiger charge is 2.26. The standard InChI is InChI=1S/C14H18N2O/c1-17-13-6-2-4-11(8-13)10-16-14-7-3-5-12(14)9-15/h2,4,6,8,12,14,16H,3,5,7,10H2,1H3. The van der Waals surface area contributed by atoms with E-state index in [1.165, 1.54) is 5.56 Å². The first kappa shape index (κ1) is 11.9. The van der Waals surface area contributed by atoms with Crippen molar-refractivity contribution in [1.82, 2.24) is 5.32 Å². The maximum atomic E-state index is 9.01. The second-order valence-corrected chi connectivity index (χ2v) is 4.51. The van der Waals surface area contributed by atoms with Crippen molar-refractivity contribution in [2.75, 3.05) is 7.11 Å². The maximum absolute atomic E-state index is 9.01. The van der Waals surface area contributed by atoms with Gasteiger partial charge in [-0.05, 0) is 30.5 Å². The van der Waals surface area contributed by atoms with Crippen LogP contribution in [0.4, 0.5) is 0 Å². The van der Waals surface area contributed by atoms with Crippen LogP contribution in [0.15, 0.2) is 24.3 Å². The minimum atomic E-state index is 0.181. The lowest BCUT2D eigenvalue weighted by Gasteiger charge is -2.15. The van der Waals surface area contributed by atoms with Crippen LogP contribution in [0, 0.1) is 17.2 Å². The highest BCUT2D eigenvalue weighted by atomic mass is 16.5. The molecule has 0 saturated heterocycles. The molecule has 0 spiro atoms. The Morgan fingerprint density at radius 2 is 2.35 bits per heavy atom. The van der Waals surface area contributed by atoms with Gasteiger partial charge in [0.25, 0.3) is 0 Å². The van der Waals surface area contributed by atoms with E-state index in [2.05, 4.69) is 17.5 Å². The molecule has 1 aromatic carbocycles. The van der Waals surface area contributed by atoms with Crippen LogP contribution in [-0.4, -0.2) is 13.2 Å². The Morgan fingerprint density at radius 1 is 1.47 bits per heavy atom. The number of hydrogen-bond donors (Lipinski definition) is 1. The van der Waals surface area contributed by atoms with Gasteiger partial charge in [-0.25, -0.2) is 0 Å². The summed E-state index contributed by atoms with van der Waals surface area (Å²) in [6.45, 7) is 0.806. The molecular weight excluding hydrogens is 212 g/mol. The van der Waals surface area contributed by atoms with Crippen LogP contribution in [0.3, 0.4) is 0 Å². The lowest BCUT2D eigenvalue weighted by molar-refractivity contribution is 0.413. The fourth-order valence-electron chi connectivity index (χ4n) is 2.39. The molecule has 0 aromatic heterocycles. The number of benzene rings is 1. The van der Waals surface area contributed by atoms with Crippen molar-refractivity contribution in [2.45, 2.75) is 31.8 Å². The van der Waals surface area contributed by atoms with Crippen LogP contribution < -0.4 is 10.1 Å². The molecule has 0 bridgehead atoms. The van der Waals surface area contributed by atoms with E-state index in [0.717, 1.165) is 31.6 Å². The fourth-order valence-corrected chi connectivity index (χ4v) is 2.39. The highest BCUT2D eigenvalue weighted by molar-refractivity contribution is 5.28. The average Bonchev–Trinajstić information content (AvgIpc) is 2.84. The predicted octanol–water partition coefficient (Wildman–Crippen LogP) is 2.48. The molecule has 17 heavy (non-hydrogen) atoms. The Labute approximate surface area is 102 Å². The largest absolute Gasteiger partial charge is 0.497 e. The van der Waals surface area contributed by atoms with Gasteiger partial charge in [-0.1, -0.05) is 18.6 Å². The predicted molar refractivity (Wildman–Crippen MR) is 66.6 cm³/mol. The van der Waals surface area contributed by atoms with E-state index in [4.69, 9.17) is 10.00 Å². The zero-order chi connectivity index (χ0) is 12.1. The van der Waals surface area contributed by atoms with Gasteiger partial charge in [0.15, 0.2) is 0 Å². The SMILES string of the molecule is COc1cccc(CNC2CCCC2C#N)c1. The van der Waals surface area contributed by atoms with Crippen LogP contribution in [-0.2, 0) is 6.54 Å². The fraction of sp³-hybridized carbons (Fsp3) is 0.500. The number of nitriles is 1. The Morgan fingerprint density at radius 3 is 3.12 bits per heavy atom. The number of methoxy groups -OCH3 is 1. The van der Waals surface area contributed by atoms with Crippen LogP contribution >= 0.6 is 0 Å². The third kappa shape index (κ3) is 2.98. The van der Waals surface area contributed by atoms with Gasteiger partial charge in [0.2, 0.25) is 0 Å². The second kappa shape index (κ2) is 5.70. The van der Waals surface area contributed by atoms with Crippen LogP contribution in [0.25, 0.3) is 0 Å². The van der Waals surface area contributed by atoms with E-state index in [0.29, 0.717) is 6.04 Å². The summed E-state index contributed by atoms with van der Waals surface area (Å²) in [6.07, 6.45) is 3.31. The molecule has 1 saturated carbocycles. The van der Waals surface area contributed by atoms with Gasteiger partial charge in [0, 0.05) is 12.6 Å². The second-order valence-electron chi connectivity index (χ2n) is 4.51. The van der Waals surface area contributed by atoms with E-state index >= 15 is 0 Å². The molecule has 1 aliphatic rings. The maximum Gasteiger partial charge on any atom is 0.119 e. The number of nitrogens with zero attached hydrogens (tertiary/aromatic N) is 1. The summed E-state index contributed by atoms with van der Waals surface area (Å²) in [6, 6.07) is 10.8. The van der Waals surface area contributed by atoms with E-state index in [1.807, 2.05) is 18.2 Å². The van der Waals surface area contributed by atoms with Gasteiger partial charge in [0.1, 0.15) is 5.75 Å². The van der Waals surface area contributed by atoms with Gasteiger partial charge >= 0.3 is 0 Å². The first-order valence-corrected chi connectivity index (χ1v) is 6.09. The summed E-state index contributed by atoms with van der Waals surface area (Å²) in [4.78, 5) is 0. The van der Waals surface area contributed by atoms with E-state index in [9.17, 15) is 0 Å². The Bertz CT molecular complexity index is 411. The summed E-state index contributed by atoms with van der Waals surface area (Å²) in [5.41, 5.74) is 1.20. The minimum absolute atomic E-state index is 0.181. The summed E-state index contributed by atoms with van der Waals surface area (Å²) < 4.78 is 5.19. The van der Waals surface area contributed by atoms with Crippen molar-refractivity contribution in [1.29, 1.82) is 5.26 Å². The monoisotopic (exact) mass is 230 g/mol. The Kier molecular flexibility index (Phi) is 4.00. The topological polar surface area (TPSA) is 45.0 Å². The highest BCUT2D eigenvalue weighted by Crippen LogP contribution is 2.25. The summed E-state index contributed by atoms with van der Waals surface area (Å²) in [7, 11) is 1.68. The molecule has 3 heteroatoms. The van der Waals surface area contributed by atoms with Crippen molar-refractivity contribution in [3.05, 3.63) is 29.8 Å².